The van der Waals surface area contributed by atoms with Crippen molar-refractivity contribution < 1.29 is 33.7 Å². The van der Waals surface area contributed by atoms with Crippen LogP contribution in [0.2, 0.25) is 0 Å². The number of benzene rings is 3. The lowest BCUT2D eigenvalue weighted by Gasteiger charge is -2.35. The number of aliphatic hydroxyl groups is 1. The van der Waals surface area contributed by atoms with E-state index in [9.17, 15) is 19.5 Å². The van der Waals surface area contributed by atoms with E-state index in [0.717, 1.165) is 140 Å². The summed E-state index contributed by atoms with van der Waals surface area (Å²) in [4.78, 5) is 59.0. The maximum Gasteiger partial charge on any atom is 0.246 e. The third-order valence-corrected chi connectivity index (χ3v) is 16.0. The third kappa shape index (κ3) is 16.9. The predicted molar refractivity (Wildman–Crippen MR) is 310 cm³/mol. The molecule has 1 unspecified atom stereocenters. The minimum Gasteiger partial charge on any atom is -0.457 e. The van der Waals surface area contributed by atoms with E-state index in [1.54, 1.807) is 11.3 Å². The van der Waals surface area contributed by atoms with Crippen molar-refractivity contribution in [3.63, 3.8) is 0 Å². The number of nitrogens with one attached hydrogen (secondary N) is 2. The molecule has 0 spiro atoms. The Morgan fingerprint density at radius 1 is 0.785 bits per heavy atom. The smallest absolute Gasteiger partial charge is 0.246 e. The summed E-state index contributed by atoms with van der Waals surface area (Å²) in [7, 11) is 0. The average molecular weight is 1100 g/mol. The molecular formula is C61H82N10O7S. The van der Waals surface area contributed by atoms with E-state index in [1.165, 1.54) is 30.5 Å². The molecule has 18 heteroatoms. The number of amides is 3. The SMILES string of the molecule is Cc1ncsc1-c1ccc(CNC(=O)[C@@H]2C[C@@H](O)CN2C(=O)C(NC(=O)CCCCCOCCCCCOCCCCCCN2CCC(n3nc(-c4ccc(Oc5ccccc5)cc4)c4c(N)ncnc43)CC2)C(C)(C)C)cc1. The quantitative estimate of drug-likeness (QED) is 0.0323. The van der Waals surface area contributed by atoms with E-state index in [0.29, 0.717) is 31.9 Å². The summed E-state index contributed by atoms with van der Waals surface area (Å²) in [6, 6.07) is 24.2. The molecule has 3 aromatic carbocycles. The fourth-order valence-electron chi connectivity index (χ4n) is 10.5. The zero-order chi connectivity index (χ0) is 55.6. The lowest BCUT2D eigenvalue weighted by molar-refractivity contribution is -0.144. The molecule has 0 radical (unpaired) electrons. The Kier molecular flexibility index (Phi) is 21.8. The summed E-state index contributed by atoms with van der Waals surface area (Å²) in [6.07, 6.45) is 13.2. The van der Waals surface area contributed by atoms with Crippen LogP contribution in [0, 0.1) is 12.3 Å². The van der Waals surface area contributed by atoms with Gasteiger partial charge in [0, 0.05) is 71.0 Å². The number of para-hydroxylation sites is 1. The summed E-state index contributed by atoms with van der Waals surface area (Å²) >= 11 is 1.59. The minimum atomic E-state index is -0.848. The molecule has 0 bridgehead atoms. The van der Waals surface area contributed by atoms with Gasteiger partial charge in [0.25, 0.3) is 0 Å². The zero-order valence-corrected chi connectivity index (χ0v) is 47.6. The van der Waals surface area contributed by atoms with Crippen LogP contribution < -0.4 is 21.1 Å². The molecule has 8 rings (SSSR count). The van der Waals surface area contributed by atoms with Gasteiger partial charge in [-0.25, -0.2) is 19.6 Å². The van der Waals surface area contributed by atoms with Gasteiger partial charge in [-0.2, -0.15) is 5.10 Å². The summed E-state index contributed by atoms with van der Waals surface area (Å²) in [5, 5.41) is 22.4. The zero-order valence-electron chi connectivity index (χ0n) is 46.7. The van der Waals surface area contributed by atoms with Crippen LogP contribution in [0.4, 0.5) is 5.82 Å². The number of rotatable bonds is 29. The number of unbranched alkanes of at least 4 members (excludes halogenated alkanes) is 7. The number of nitrogens with two attached hydrogens (primary N) is 1. The number of carbonyl (C=O) groups is 3. The Balaban J connectivity index is 0.620. The maximum absolute atomic E-state index is 14.0. The van der Waals surface area contributed by atoms with Gasteiger partial charge in [-0.15, -0.1) is 11.3 Å². The molecule has 3 aromatic heterocycles. The van der Waals surface area contributed by atoms with Crippen molar-refractivity contribution in [2.24, 2.45) is 5.41 Å². The highest BCUT2D eigenvalue weighted by Crippen LogP contribution is 2.36. The number of nitrogen functional groups attached to an aromatic ring is 1. The fourth-order valence-corrected chi connectivity index (χ4v) is 11.3. The van der Waals surface area contributed by atoms with Crippen molar-refractivity contribution in [3.8, 4) is 33.2 Å². The summed E-state index contributed by atoms with van der Waals surface area (Å²) in [5.41, 5.74) is 13.1. The number of hydrogen-bond donors (Lipinski definition) is 4. The molecule has 17 nitrogen and oxygen atoms in total. The molecule has 2 aliphatic rings. The van der Waals surface area contributed by atoms with Crippen LogP contribution in [0.25, 0.3) is 32.7 Å². The summed E-state index contributed by atoms with van der Waals surface area (Å²) in [5.74, 6) is 1.09. The molecule has 0 saturated carbocycles. The van der Waals surface area contributed by atoms with Crippen LogP contribution in [0.1, 0.15) is 128 Å². The van der Waals surface area contributed by atoms with Crippen LogP contribution in [0.15, 0.2) is 90.7 Å². The second-order valence-electron chi connectivity index (χ2n) is 22.2. The second kappa shape index (κ2) is 29.2. The number of thiazole rings is 1. The highest BCUT2D eigenvalue weighted by Gasteiger charge is 2.44. The van der Waals surface area contributed by atoms with Crippen LogP contribution >= 0.6 is 11.3 Å². The summed E-state index contributed by atoms with van der Waals surface area (Å²) in [6.45, 7) is 14.1. The second-order valence-corrected chi connectivity index (χ2v) is 23.1. The lowest BCUT2D eigenvalue weighted by Crippen LogP contribution is -2.57. The van der Waals surface area contributed by atoms with Gasteiger partial charge in [0.1, 0.15) is 41.4 Å². The van der Waals surface area contributed by atoms with Crippen molar-refractivity contribution in [2.75, 3.05) is 58.3 Å². The Labute approximate surface area is 470 Å². The van der Waals surface area contributed by atoms with E-state index in [1.807, 2.05) is 112 Å². The standard InChI is InChI=1S/C61H82N10O7S/c1-43-55(79-42-66-43)46-23-21-44(22-24-46)39-63-59(74)51-38-48(72)40-70(51)60(75)56(61(2,3)4)67-52(73)20-12-8-15-35-77-37-17-9-16-36-76-34-14-6-5-13-31-69-32-29-47(30-33-69)71-58-53(57(62)64-41-65-58)54(68-71)45-25-27-50(28-26-45)78-49-18-10-7-11-19-49/h7,10-11,18-19,21-28,41-42,47-48,51,56,72H,5-6,8-9,12-17,20,29-40H2,1-4H3,(H,63,74)(H,67,73)(H2,62,64,65)/t48-,51+,56?/m1/s1. The number of aryl methyl sites for hydroxylation is 1. The first-order valence-corrected chi connectivity index (χ1v) is 29.4. The number of nitrogens with zero attached hydrogens (tertiary/aromatic N) is 7. The molecule has 2 saturated heterocycles. The topological polar surface area (TPSA) is 212 Å². The van der Waals surface area contributed by atoms with Crippen LogP contribution in [0.3, 0.4) is 0 Å². The van der Waals surface area contributed by atoms with Gasteiger partial charge in [0.2, 0.25) is 17.7 Å². The Morgan fingerprint density at radius 2 is 1.42 bits per heavy atom. The first kappa shape index (κ1) is 58.8. The first-order chi connectivity index (χ1) is 38.3. The fraction of sp³-hybridized carbons (Fsp3) is 0.525. The van der Waals surface area contributed by atoms with E-state index in [-0.39, 0.29) is 43.3 Å². The average Bonchev–Trinajstić information content (AvgIpc) is 4.32. The molecule has 424 valence electrons. The molecule has 6 aromatic rings. The van der Waals surface area contributed by atoms with Gasteiger partial charge < -0.3 is 45.5 Å². The number of fused-ring (bicyclic) bond motifs is 1. The van der Waals surface area contributed by atoms with Gasteiger partial charge in [-0.3, -0.25) is 14.4 Å². The molecule has 2 fully saturated rings. The van der Waals surface area contributed by atoms with Crippen molar-refractivity contribution in [1.29, 1.82) is 0 Å². The number of aromatic nitrogens is 5. The largest absolute Gasteiger partial charge is 0.457 e. The predicted octanol–water partition coefficient (Wildman–Crippen LogP) is 10.1. The van der Waals surface area contributed by atoms with Gasteiger partial charge in [-0.1, -0.05) is 82.5 Å². The van der Waals surface area contributed by atoms with Gasteiger partial charge >= 0.3 is 0 Å². The molecule has 2 aliphatic heterocycles. The highest BCUT2D eigenvalue weighted by atomic mass is 32.1. The van der Waals surface area contributed by atoms with Crippen LogP contribution in [-0.4, -0.2) is 128 Å². The monoisotopic (exact) mass is 1100 g/mol. The minimum absolute atomic E-state index is 0.0370. The number of aliphatic hydroxyl groups excluding tert-OH is 1. The number of anilines is 1. The van der Waals surface area contributed by atoms with Crippen molar-refractivity contribution in [1.82, 2.24) is 45.2 Å². The Bertz CT molecular complexity index is 2850. The lowest BCUT2D eigenvalue weighted by atomic mass is 9.85. The van der Waals surface area contributed by atoms with E-state index < -0.39 is 23.6 Å². The molecule has 3 amide bonds. The van der Waals surface area contributed by atoms with Gasteiger partial charge in [0.05, 0.1) is 33.6 Å². The van der Waals surface area contributed by atoms with Crippen molar-refractivity contribution in [3.05, 3.63) is 102 Å². The van der Waals surface area contributed by atoms with Gasteiger partial charge in [0.15, 0.2) is 5.65 Å². The Morgan fingerprint density at radius 3 is 2.08 bits per heavy atom. The number of hydrogen-bond acceptors (Lipinski definition) is 14. The van der Waals surface area contributed by atoms with Crippen LogP contribution in [0.5, 0.6) is 11.5 Å². The van der Waals surface area contributed by atoms with E-state index in [2.05, 4.69) is 35.2 Å². The van der Waals surface area contributed by atoms with Crippen LogP contribution in [-0.2, 0) is 30.4 Å². The third-order valence-electron chi connectivity index (χ3n) is 15.0. The molecule has 0 aliphatic carbocycles. The summed E-state index contributed by atoms with van der Waals surface area (Å²) < 4.78 is 19.9. The number of ether oxygens (including phenoxy) is 3. The molecule has 5 heterocycles. The maximum atomic E-state index is 14.0. The highest BCUT2D eigenvalue weighted by molar-refractivity contribution is 7.13. The van der Waals surface area contributed by atoms with Crippen molar-refractivity contribution in [2.45, 2.75) is 148 Å². The Hall–Kier alpha value is -6.31. The molecule has 79 heavy (non-hydrogen) atoms. The first-order valence-electron chi connectivity index (χ1n) is 28.6. The number of piperidine rings is 1. The van der Waals surface area contributed by atoms with Crippen molar-refractivity contribution >= 4 is 45.9 Å². The van der Waals surface area contributed by atoms with E-state index >= 15 is 0 Å². The number of β-amino-alcohol motifs (C(OH)–C–C–N with tert-alkyl or cyclic N) is 1. The van der Waals surface area contributed by atoms with Gasteiger partial charge in [-0.05, 0) is 124 Å². The molecular weight excluding hydrogens is 1020 g/mol. The normalized spacial score (nSPS) is 16.6. The molecule has 5 N–H and O–H groups in total. The number of carbonyl (C=O) groups excluding carboxylic acids is 3. The molecule has 3 atom stereocenters. The number of likely N-dealkylation sites (tertiary alicyclic amines) is 2. The van der Waals surface area contributed by atoms with E-state index in [4.69, 9.17) is 25.0 Å².